The minimum absolute atomic E-state index is 0.290. The molecule has 1 fully saturated rings. The van der Waals surface area contributed by atoms with Gasteiger partial charge in [0, 0.05) is 11.8 Å². The number of anilines is 1. The molecule has 1 heterocycles. The average Bonchev–Trinajstić information content (AvgIpc) is 2.54. The van der Waals surface area contributed by atoms with E-state index in [0.29, 0.717) is 12.0 Å². The SMILES string of the molecule is Cc1cc(OC2CCCC2)nc(N)n1. The van der Waals surface area contributed by atoms with Gasteiger partial charge in [-0.25, -0.2) is 4.98 Å². The highest BCUT2D eigenvalue weighted by molar-refractivity contribution is 5.25. The summed E-state index contributed by atoms with van der Waals surface area (Å²) in [6, 6.07) is 1.83. The maximum atomic E-state index is 5.71. The van der Waals surface area contributed by atoms with E-state index in [2.05, 4.69) is 9.97 Å². The van der Waals surface area contributed by atoms with E-state index in [4.69, 9.17) is 10.5 Å². The van der Waals surface area contributed by atoms with Gasteiger partial charge in [0.1, 0.15) is 6.10 Å². The Morgan fingerprint density at radius 2 is 2.07 bits per heavy atom. The summed E-state index contributed by atoms with van der Waals surface area (Å²) >= 11 is 0. The molecular weight excluding hydrogens is 178 g/mol. The van der Waals surface area contributed by atoms with Gasteiger partial charge in [-0.2, -0.15) is 4.98 Å². The van der Waals surface area contributed by atoms with E-state index in [1.807, 2.05) is 13.0 Å². The van der Waals surface area contributed by atoms with Gasteiger partial charge >= 0.3 is 0 Å². The molecule has 1 saturated carbocycles. The van der Waals surface area contributed by atoms with Crippen LogP contribution in [0.3, 0.4) is 0 Å². The number of hydrogen-bond acceptors (Lipinski definition) is 4. The Morgan fingerprint density at radius 3 is 2.71 bits per heavy atom. The van der Waals surface area contributed by atoms with Gasteiger partial charge in [-0.05, 0) is 32.6 Å². The molecule has 0 amide bonds. The van der Waals surface area contributed by atoms with Crippen LogP contribution in [0.1, 0.15) is 31.4 Å². The van der Waals surface area contributed by atoms with E-state index in [-0.39, 0.29) is 5.95 Å². The third-order valence-corrected chi connectivity index (χ3v) is 2.44. The van der Waals surface area contributed by atoms with Gasteiger partial charge in [0.2, 0.25) is 11.8 Å². The molecule has 0 spiro atoms. The summed E-state index contributed by atoms with van der Waals surface area (Å²) < 4.78 is 5.71. The van der Waals surface area contributed by atoms with E-state index in [1.54, 1.807) is 0 Å². The van der Waals surface area contributed by atoms with Crippen LogP contribution in [0.2, 0.25) is 0 Å². The minimum Gasteiger partial charge on any atom is -0.474 e. The molecule has 76 valence electrons. The molecular formula is C10H15N3O. The summed E-state index contributed by atoms with van der Waals surface area (Å²) in [6.45, 7) is 1.89. The van der Waals surface area contributed by atoms with Crippen molar-refractivity contribution in [3.05, 3.63) is 11.8 Å². The van der Waals surface area contributed by atoms with Crippen molar-refractivity contribution in [2.75, 3.05) is 5.73 Å². The van der Waals surface area contributed by atoms with Crippen LogP contribution >= 0.6 is 0 Å². The summed E-state index contributed by atoms with van der Waals surface area (Å²) in [4.78, 5) is 8.04. The lowest BCUT2D eigenvalue weighted by Gasteiger charge is -2.12. The standard InChI is InChI=1S/C10H15N3O/c1-7-6-9(13-10(11)12-7)14-8-4-2-3-5-8/h6,8H,2-5H2,1H3,(H2,11,12,13). The lowest BCUT2D eigenvalue weighted by atomic mass is 10.3. The van der Waals surface area contributed by atoms with E-state index < -0.39 is 0 Å². The lowest BCUT2D eigenvalue weighted by Crippen LogP contribution is -2.12. The first-order chi connectivity index (χ1) is 6.74. The molecule has 0 radical (unpaired) electrons. The van der Waals surface area contributed by atoms with Crippen LogP contribution in [0.5, 0.6) is 5.88 Å². The fraction of sp³-hybridized carbons (Fsp3) is 0.600. The Balaban J connectivity index is 2.07. The van der Waals surface area contributed by atoms with Crippen molar-refractivity contribution < 1.29 is 4.74 Å². The Hall–Kier alpha value is -1.32. The van der Waals surface area contributed by atoms with Crippen LogP contribution in [-0.4, -0.2) is 16.1 Å². The molecule has 0 bridgehead atoms. The van der Waals surface area contributed by atoms with E-state index in [1.165, 1.54) is 12.8 Å². The highest BCUT2D eigenvalue weighted by Gasteiger charge is 2.17. The number of aromatic nitrogens is 2. The molecule has 0 aromatic carbocycles. The van der Waals surface area contributed by atoms with Crippen LogP contribution in [0.25, 0.3) is 0 Å². The topological polar surface area (TPSA) is 61.0 Å². The zero-order valence-electron chi connectivity index (χ0n) is 8.36. The minimum atomic E-state index is 0.290. The quantitative estimate of drug-likeness (QED) is 0.776. The second-order valence-electron chi connectivity index (χ2n) is 3.73. The molecule has 4 nitrogen and oxygen atoms in total. The molecule has 2 N–H and O–H groups in total. The number of ether oxygens (including phenoxy) is 1. The summed E-state index contributed by atoms with van der Waals surface area (Å²) in [6.07, 6.45) is 5.09. The maximum Gasteiger partial charge on any atom is 0.223 e. The first-order valence-electron chi connectivity index (χ1n) is 5.02. The van der Waals surface area contributed by atoms with Crippen LogP contribution in [0, 0.1) is 6.92 Å². The molecule has 0 saturated heterocycles. The largest absolute Gasteiger partial charge is 0.474 e. The van der Waals surface area contributed by atoms with Crippen molar-refractivity contribution in [2.45, 2.75) is 38.7 Å². The van der Waals surface area contributed by atoms with Crippen LogP contribution in [0.15, 0.2) is 6.07 Å². The van der Waals surface area contributed by atoms with Crippen molar-refractivity contribution in [1.29, 1.82) is 0 Å². The van der Waals surface area contributed by atoms with Gasteiger partial charge in [0.15, 0.2) is 0 Å². The number of nitrogen functional groups attached to an aromatic ring is 1. The van der Waals surface area contributed by atoms with Crippen LogP contribution in [0.4, 0.5) is 5.95 Å². The summed E-state index contributed by atoms with van der Waals surface area (Å²) in [7, 11) is 0. The molecule has 1 aromatic heterocycles. The smallest absolute Gasteiger partial charge is 0.223 e. The molecule has 0 unspecified atom stereocenters. The van der Waals surface area contributed by atoms with Crippen molar-refractivity contribution in [3.8, 4) is 5.88 Å². The maximum absolute atomic E-state index is 5.71. The first-order valence-corrected chi connectivity index (χ1v) is 5.02. The normalized spacial score (nSPS) is 17.2. The summed E-state index contributed by atoms with van der Waals surface area (Å²) in [5, 5.41) is 0. The Labute approximate surface area is 83.5 Å². The molecule has 0 aliphatic heterocycles. The lowest BCUT2D eigenvalue weighted by molar-refractivity contribution is 0.201. The van der Waals surface area contributed by atoms with Crippen molar-refractivity contribution >= 4 is 5.95 Å². The third-order valence-electron chi connectivity index (χ3n) is 2.44. The van der Waals surface area contributed by atoms with Crippen molar-refractivity contribution in [1.82, 2.24) is 9.97 Å². The Bertz CT molecular complexity index is 301. The molecule has 1 aromatic rings. The number of hydrogen-bond donors (Lipinski definition) is 1. The highest BCUT2D eigenvalue weighted by Crippen LogP contribution is 2.23. The van der Waals surface area contributed by atoms with E-state index in [0.717, 1.165) is 18.5 Å². The van der Waals surface area contributed by atoms with Gasteiger partial charge in [0.25, 0.3) is 0 Å². The van der Waals surface area contributed by atoms with Crippen LogP contribution < -0.4 is 10.5 Å². The van der Waals surface area contributed by atoms with Gasteiger partial charge in [-0.15, -0.1) is 0 Å². The summed E-state index contributed by atoms with van der Waals surface area (Å²) in [5.74, 6) is 0.903. The molecule has 14 heavy (non-hydrogen) atoms. The summed E-state index contributed by atoms with van der Waals surface area (Å²) in [5.41, 5.74) is 6.38. The Morgan fingerprint density at radius 1 is 1.36 bits per heavy atom. The van der Waals surface area contributed by atoms with E-state index in [9.17, 15) is 0 Å². The second-order valence-corrected chi connectivity index (χ2v) is 3.73. The van der Waals surface area contributed by atoms with Crippen molar-refractivity contribution in [3.63, 3.8) is 0 Å². The van der Waals surface area contributed by atoms with Gasteiger partial charge in [-0.3, -0.25) is 0 Å². The zero-order chi connectivity index (χ0) is 9.97. The molecule has 0 atom stereocenters. The predicted molar refractivity (Wildman–Crippen MR) is 54.1 cm³/mol. The van der Waals surface area contributed by atoms with Crippen LogP contribution in [-0.2, 0) is 0 Å². The first kappa shape index (κ1) is 9.24. The fourth-order valence-electron chi connectivity index (χ4n) is 1.80. The molecule has 4 heteroatoms. The van der Waals surface area contributed by atoms with Crippen molar-refractivity contribution in [2.24, 2.45) is 0 Å². The number of rotatable bonds is 2. The number of nitrogens with zero attached hydrogens (tertiary/aromatic N) is 2. The monoisotopic (exact) mass is 193 g/mol. The second kappa shape index (κ2) is 3.82. The molecule has 2 rings (SSSR count). The fourth-order valence-corrected chi connectivity index (χ4v) is 1.80. The van der Waals surface area contributed by atoms with Gasteiger partial charge in [-0.1, -0.05) is 0 Å². The van der Waals surface area contributed by atoms with Gasteiger partial charge < -0.3 is 10.5 Å². The Kier molecular flexibility index (Phi) is 2.52. The zero-order valence-corrected chi connectivity index (χ0v) is 8.36. The highest BCUT2D eigenvalue weighted by atomic mass is 16.5. The average molecular weight is 193 g/mol. The number of nitrogens with two attached hydrogens (primary N) is 1. The third kappa shape index (κ3) is 2.13. The number of aryl methyl sites for hydroxylation is 1. The predicted octanol–water partition coefficient (Wildman–Crippen LogP) is 1.69. The molecule has 1 aliphatic carbocycles. The van der Waals surface area contributed by atoms with Gasteiger partial charge in [0.05, 0.1) is 0 Å². The van der Waals surface area contributed by atoms with E-state index >= 15 is 0 Å². The molecule has 1 aliphatic rings.